The number of ether oxygens (including phenoxy) is 3. The van der Waals surface area contributed by atoms with E-state index in [1.54, 1.807) is 21.3 Å². The van der Waals surface area contributed by atoms with E-state index in [1.807, 2.05) is 19.1 Å². The summed E-state index contributed by atoms with van der Waals surface area (Å²) in [4.78, 5) is 4.24. The lowest BCUT2D eigenvalue weighted by Crippen LogP contribution is -2.02. The topological polar surface area (TPSA) is 78.6 Å². The highest BCUT2D eigenvalue weighted by Gasteiger charge is 2.13. The van der Waals surface area contributed by atoms with Crippen molar-refractivity contribution in [1.29, 1.82) is 0 Å². The molecule has 0 fully saturated rings. The zero-order valence-corrected chi connectivity index (χ0v) is 12.6. The van der Waals surface area contributed by atoms with Crippen molar-refractivity contribution in [3.8, 4) is 17.2 Å². The number of nitrogens with one attached hydrogen (secondary N) is 1. The molecule has 1 aromatic heterocycles. The number of anilines is 1. The number of nitrogens with zero attached hydrogens (tertiary/aromatic N) is 2. The highest BCUT2D eigenvalue weighted by Crippen LogP contribution is 2.39. The van der Waals surface area contributed by atoms with Crippen LogP contribution in [0, 0.1) is 0 Å². The standard InChI is InChI=1S/C14H19N3O4/c1-5-12-16-13(21-17-12)8-15-9-6-10(18-2)14(20-4)11(7-9)19-3/h6-7,15H,5,8H2,1-4H3. The molecule has 0 aliphatic rings. The summed E-state index contributed by atoms with van der Waals surface area (Å²) in [5.41, 5.74) is 0.806. The molecule has 0 amide bonds. The molecule has 0 saturated heterocycles. The van der Waals surface area contributed by atoms with Crippen LogP contribution >= 0.6 is 0 Å². The number of rotatable bonds is 7. The van der Waals surface area contributed by atoms with Crippen molar-refractivity contribution in [2.24, 2.45) is 0 Å². The molecule has 0 saturated carbocycles. The van der Waals surface area contributed by atoms with Crippen molar-refractivity contribution in [3.05, 3.63) is 23.8 Å². The normalized spacial score (nSPS) is 10.3. The number of benzene rings is 1. The first-order chi connectivity index (χ1) is 10.2. The van der Waals surface area contributed by atoms with Crippen LogP contribution in [0.15, 0.2) is 16.7 Å². The summed E-state index contributed by atoms with van der Waals surface area (Å²) in [6, 6.07) is 3.64. The van der Waals surface area contributed by atoms with Crippen molar-refractivity contribution in [2.75, 3.05) is 26.6 Å². The third kappa shape index (κ3) is 3.36. The van der Waals surface area contributed by atoms with E-state index in [1.165, 1.54) is 0 Å². The number of aromatic nitrogens is 2. The monoisotopic (exact) mass is 293 g/mol. The van der Waals surface area contributed by atoms with E-state index in [2.05, 4.69) is 15.5 Å². The van der Waals surface area contributed by atoms with Crippen LogP contribution in [0.2, 0.25) is 0 Å². The summed E-state index contributed by atoms with van der Waals surface area (Å²) in [6.45, 7) is 2.40. The van der Waals surface area contributed by atoms with Gasteiger partial charge in [-0.05, 0) is 0 Å². The Balaban J connectivity index is 2.15. The molecule has 0 atom stereocenters. The van der Waals surface area contributed by atoms with Crippen LogP contribution in [0.1, 0.15) is 18.6 Å². The summed E-state index contributed by atoms with van der Waals surface area (Å²) in [6.07, 6.45) is 0.744. The van der Waals surface area contributed by atoms with Gasteiger partial charge in [0, 0.05) is 24.2 Å². The van der Waals surface area contributed by atoms with E-state index >= 15 is 0 Å². The van der Waals surface area contributed by atoms with Gasteiger partial charge in [-0.25, -0.2) is 0 Å². The van der Waals surface area contributed by atoms with E-state index < -0.39 is 0 Å². The second-order valence-corrected chi connectivity index (χ2v) is 4.23. The number of aryl methyl sites for hydroxylation is 1. The Kier molecular flexibility index (Phi) is 4.86. The summed E-state index contributed by atoms with van der Waals surface area (Å²) in [5, 5.41) is 7.03. The van der Waals surface area contributed by atoms with Gasteiger partial charge in [0.2, 0.25) is 11.6 Å². The lowest BCUT2D eigenvalue weighted by atomic mass is 10.2. The van der Waals surface area contributed by atoms with Gasteiger partial charge in [-0.15, -0.1) is 0 Å². The molecule has 0 radical (unpaired) electrons. The van der Waals surface area contributed by atoms with Crippen molar-refractivity contribution < 1.29 is 18.7 Å². The first-order valence-electron chi connectivity index (χ1n) is 6.57. The van der Waals surface area contributed by atoms with Crippen LogP contribution in [0.5, 0.6) is 17.2 Å². The number of hydrogen-bond acceptors (Lipinski definition) is 7. The van der Waals surface area contributed by atoms with Crippen molar-refractivity contribution in [2.45, 2.75) is 19.9 Å². The molecule has 7 heteroatoms. The van der Waals surface area contributed by atoms with Gasteiger partial charge < -0.3 is 24.1 Å². The van der Waals surface area contributed by atoms with Crippen molar-refractivity contribution in [1.82, 2.24) is 10.1 Å². The Hall–Kier alpha value is -2.44. The molecule has 2 aromatic rings. The highest BCUT2D eigenvalue weighted by molar-refractivity contribution is 5.62. The van der Waals surface area contributed by atoms with E-state index in [0.29, 0.717) is 35.5 Å². The molecule has 0 bridgehead atoms. The van der Waals surface area contributed by atoms with E-state index in [-0.39, 0.29) is 0 Å². The Labute approximate surface area is 123 Å². The van der Waals surface area contributed by atoms with E-state index in [0.717, 1.165) is 12.1 Å². The Morgan fingerprint density at radius 2 is 1.76 bits per heavy atom. The van der Waals surface area contributed by atoms with Gasteiger partial charge in [-0.3, -0.25) is 0 Å². The molecule has 1 aromatic carbocycles. The minimum atomic E-state index is 0.422. The second kappa shape index (κ2) is 6.83. The molecule has 0 aliphatic heterocycles. The van der Waals surface area contributed by atoms with Gasteiger partial charge in [-0.1, -0.05) is 12.1 Å². The summed E-state index contributed by atoms with van der Waals surface area (Å²) < 4.78 is 21.0. The summed E-state index contributed by atoms with van der Waals surface area (Å²) >= 11 is 0. The largest absolute Gasteiger partial charge is 0.493 e. The zero-order valence-electron chi connectivity index (χ0n) is 12.6. The molecule has 0 aliphatic carbocycles. The maximum atomic E-state index is 5.30. The fourth-order valence-electron chi connectivity index (χ4n) is 1.87. The van der Waals surface area contributed by atoms with Gasteiger partial charge in [0.1, 0.15) is 0 Å². The van der Waals surface area contributed by atoms with Crippen LogP contribution < -0.4 is 19.5 Å². The fraction of sp³-hybridized carbons (Fsp3) is 0.429. The predicted molar refractivity (Wildman–Crippen MR) is 77.1 cm³/mol. The van der Waals surface area contributed by atoms with Gasteiger partial charge in [-0.2, -0.15) is 4.98 Å². The van der Waals surface area contributed by atoms with Crippen LogP contribution in [-0.2, 0) is 13.0 Å². The molecule has 1 heterocycles. The molecule has 0 spiro atoms. The maximum Gasteiger partial charge on any atom is 0.245 e. The molecule has 0 unspecified atom stereocenters. The Morgan fingerprint density at radius 1 is 1.10 bits per heavy atom. The smallest absolute Gasteiger partial charge is 0.245 e. The lowest BCUT2D eigenvalue weighted by molar-refractivity contribution is 0.324. The Bertz CT molecular complexity index is 573. The third-order valence-electron chi connectivity index (χ3n) is 2.93. The summed E-state index contributed by atoms with van der Waals surface area (Å²) in [5.74, 6) is 2.94. The molecule has 114 valence electrons. The molecule has 7 nitrogen and oxygen atoms in total. The van der Waals surface area contributed by atoms with Gasteiger partial charge in [0.25, 0.3) is 0 Å². The zero-order chi connectivity index (χ0) is 15.2. The van der Waals surface area contributed by atoms with Gasteiger partial charge in [0.15, 0.2) is 17.3 Å². The highest BCUT2D eigenvalue weighted by atomic mass is 16.5. The van der Waals surface area contributed by atoms with Crippen molar-refractivity contribution in [3.63, 3.8) is 0 Å². The number of hydrogen-bond donors (Lipinski definition) is 1. The van der Waals surface area contributed by atoms with Crippen LogP contribution in [0.3, 0.4) is 0 Å². The predicted octanol–water partition coefficient (Wildman–Crippen LogP) is 2.27. The minimum absolute atomic E-state index is 0.422. The van der Waals surface area contributed by atoms with E-state index in [4.69, 9.17) is 18.7 Å². The van der Waals surface area contributed by atoms with Crippen LogP contribution in [0.25, 0.3) is 0 Å². The minimum Gasteiger partial charge on any atom is -0.493 e. The molecular weight excluding hydrogens is 274 g/mol. The van der Waals surface area contributed by atoms with Crippen molar-refractivity contribution >= 4 is 5.69 Å². The van der Waals surface area contributed by atoms with Crippen LogP contribution in [-0.4, -0.2) is 31.5 Å². The third-order valence-corrected chi connectivity index (χ3v) is 2.93. The van der Waals surface area contributed by atoms with Gasteiger partial charge >= 0.3 is 0 Å². The maximum absolute atomic E-state index is 5.30. The number of methoxy groups -OCH3 is 3. The fourth-order valence-corrected chi connectivity index (χ4v) is 1.87. The second-order valence-electron chi connectivity index (χ2n) is 4.23. The molecular formula is C14H19N3O4. The average Bonchev–Trinajstić information content (AvgIpc) is 2.99. The average molecular weight is 293 g/mol. The SMILES string of the molecule is CCc1noc(CNc2cc(OC)c(OC)c(OC)c2)n1. The lowest BCUT2D eigenvalue weighted by Gasteiger charge is -2.14. The molecule has 1 N–H and O–H groups in total. The molecule has 2 rings (SSSR count). The van der Waals surface area contributed by atoms with E-state index in [9.17, 15) is 0 Å². The quantitative estimate of drug-likeness (QED) is 0.838. The Morgan fingerprint density at radius 3 is 2.24 bits per heavy atom. The molecule has 21 heavy (non-hydrogen) atoms. The van der Waals surface area contributed by atoms with Crippen LogP contribution in [0.4, 0.5) is 5.69 Å². The first-order valence-corrected chi connectivity index (χ1v) is 6.57. The van der Waals surface area contributed by atoms with Gasteiger partial charge in [0.05, 0.1) is 27.9 Å². The summed E-state index contributed by atoms with van der Waals surface area (Å²) in [7, 11) is 4.72. The first kappa shape index (κ1) is 15.0.